The summed E-state index contributed by atoms with van der Waals surface area (Å²) in [6.07, 6.45) is 10.6. The molecule has 0 radical (unpaired) electrons. The molecule has 4 heteroatoms. The number of nitrogens with zero attached hydrogens (tertiary/aromatic N) is 2. The third-order valence-electron chi connectivity index (χ3n) is 4.11. The summed E-state index contributed by atoms with van der Waals surface area (Å²) in [5.74, 6) is 1.46. The Labute approximate surface area is 122 Å². The fourth-order valence-corrected chi connectivity index (χ4v) is 3.16. The molecule has 2 heterocycles. The average molecular weight is 276 g/mol. The molecule has 1 aliphatic carbocycles. The van der Waals surface area contributed by atoms with Crippen LogP contribution >= 0.6 is 0 Å². The van der Waals surface area contributed by atoms with Crippen molar-refractivity contribution in [2.45, 2.75) is 17.9 Å². The van der Waals surface area contributed by atoms with E-state index in [1.165, 1.54) is 0 Å². The van der Waals surface area contributed by atoms with Crippen molar-refractivity contribution < 1.29 is 9.84 Å². The third kappa shape index (κ3) is 1.55. The normalized spacial score (nSPS) is 27.2. The van der Waals surface area contributed by atoms with Crippen molar-refractivity contribution in [3.05, 3.63) is 65.1 Å². The zero-order valence-corrected chi connectivity index (χ0v) is 11.2. The second-order valence-corrected chi connectivity index (χ2v) is 5.29. The molecule has 0 fully saturated rings. The van der Waals surface area contributed by atoms with Crippen LogP contribution in [0.1, 0.15) is 16.7 Å². The number of nitriles is 1. The molecule has 2 atom stereocenters. The summed E-state index contributed by atoms with van der Waals surface area (Å²) in [5, 5.41) is 18.8. The number of ether oxygens (including phenoxy) is 1. The van der Waals surface area contributed by atoms with Crippen LogP contribution in [0.3, 0.4) is 0 Å². The lowest BCUT2D eigenvalue weighted by Gasteiger charge is -2.26. The minimum atomic E-state index is -0.639. The Morgan fingerprint density at radius 3 is 3.14 bits per heavy atom. The number of hydrogen-bond acceptors (Lipinski definition) is 4. The number of aliphatic hydroxyl groups excluding tert-OH is 1. The minimum Gasteiger partial charge on any atom is -0.460 e. The second-order valence-electron chi connectivity index (χ2n) is 5.29. The van der Waals surface area contributed by atoms with Crippen molar-refractivity contribution >= 4 is 6.21 Å². The molecule has 2 aliphatic heterocycles. The number of benzene rings is 1. The molecule has 1 spiro atoms. The van der Waals surface area contributed by atoms with Gasteiger partial charge in [0.1, 0.15) is 11.5 Å². The van der Waals surface area contributed by atoms with Crippen molar-refractivity contribution in [2.75, 3.05) is 0 Å². The van der Waals surface area contributed by atoms with Gasteiger partial charge in [0.15, 0.2) is 0 Å². The lowest BCUT2D eigenvalue weighted by molar-refractivity contribution is 0.257. The van der Waals surface area contributed by atoms with E-state index in [1.54, 1.807) is 24.6 Å². The van der Waals surface area contributed by atoms with Gasteiger partial charge in [0.05, 0.1) is 24.0 Å². The molecule has 3 aliphatic rings. The van der Waals surface area contributed by atoms with Crippen molar-refractivity contribution in [3.8, 4) is 11.8 Å². The highest BCUT2D eigenvalue weighted by Gasteiger charge is 2.46. The van der Waals surface area contributed by atoms with Crippen LogP contribution < -0.4 is 4.74 Å². The molecule has 2 unspecified atom stereocenters. The van der Waals surface area contributed by atoms with Crippen LogP contribution in [0.5, 0.6) is 5.75 Å². The first-order valence-electron chi connectivity index (χ1n) is 6.76. The van der Waals surface area contributed by atoms with Gasteiger partial charge in [-0.05, 0) is 23.8 Å². The molecule has 0 saturated carbocycles. The number of hydrogen-bond donors (Lipinski definition) is 1. The summed E-state index contributed by atoms with van der Waals surface area (Å²) in [5.41, 5.74) is 2.35. The number of rotatable bonds is 1. The summed E-state index contributed by atoms with van der Waals surface area (Å²) in [6.45, 7) is 0. The topological polar surface area (TPSA) is 65.6 Å². The van der Waals surface area contributed by atoms with Crippen molar-refractivity contribution in [1.29, 1.82) is 5.26 Å². The van der Waals surface area contributed by atoms with E-state index in [2.05, 4.69) is 11.1 Å². The Kier molecular flexibility index (Phi) is 2.41. The lowest BCUT2D eigenvalue weighted by atomic mass is 9.74. The Balaban J connectivity index is 2.04. The molecule has 0 saturated heterocycles. The average Bonchev–Trinajstić information content (AvgIpc) is 2.66. The molecular formula is C17H12N2O2. The maximum Gasteiger partial charge on any atom is 0.132 e. The first kappa shape index (κ1) is 12.1. The van der Waals surface area contributed by atoms with Crippen LogP contribution in [0.2, 0.25) is 0 Å². The van der Waals surface area contributed by atoms with Crippen LogP contribution in [0.4, 0.5) is 0 Å². The van der Waals surface area contributed by atoms with Gasteiger partial charge < -0.3 is 9.84 Å². The Morgan fingerprint density at radius 2 is 2.29 bits per heavy atom. The molecule has 4 rings (SSSR count). The molecule has 102 valence electrons. The quantitative estimate of drug-likeness (QED) is 0.799. The molecule has 1 aromatic rings. The molecule has 0 amide bonds. The predicted octanol–water partition coefficient (Wildman–Crippen LogP) is 2.14. The first-order chi connectivity index (χ1) is 10.2. The number of aliphatic imine (C=N–C) groups is 1. The summed E-state index contributed by atoms with van der Waals surface area (Å²) in [4.78, 5) is 4.29. The van der Waals surface area contributed by atoms with Crippen molar-refractivity contribution in [2.24, 2.45) is 4.99 Å². The maximum atomic E-state index is 9.80. The largest absolute Gasteiger partial charge is 0.460 e. The fourth-order valence-electron chi connectivity index (χ4n) is 3.16. The van der Waals surface area contributed by atoms with E-state index in [0.717, 1.165) is 22.4 Å². The van der Waals surface area contributed by atoms with Gasteiger partial charge >= 0.3 is 0 Å². The van der Waals surface area contributed by atoms with Crippen LogP contribution in [0.25, 0.3) is 0 Å². The molecule has 0 aromatic heterocycles. The molecule has 1 aromatic carbocycles. The van der Waals surface area contributed by atoms with Gasteiger partial charge in [-0.15, -0.1) is 0 Å². The highest BCUT2D eigenvalue weighted by Crippen LogP contribution is 2.51. The van der Waals surface area contributed by atoms with Crippen molar-refractivity contribution in [1.82, 2.24) is 0 Å². The smallest absolute Gasteiger partial charge is 0.132 e. The minimum absolute atomic E-state index is 0.329. The van der Waals surface area contributed by atoms with Gasteiger partial charge in [0.25, 0.3) is 0 Å². The van der Waals surface area contributed by atoms with E-state index in [1.807, 2.05) is 24.3 Å². The maximum absolute atomic E-state index is 9.80. The van der Waals surface area contributed by atoms with Gasteiger partial charge in [0.2, 0.25) is 0 Å². The summed E-state index contributed by atoms with van der Waals surface area (Å²) < 4.78 is 5.94. The van der Waals surface area contributed by atoms with Crippen LogP contribution in [0.15, 0.2) is 53.4 Å². The zero-order chi connectivity index (χ0) is 14.4. The number of aliphatic hydroxyl groups is 1. The standard InChI is InChI=1S/C17H12N2O2/c18-7-4-11-1-2-14-16-13(11)10-19-8-6-17(16)5-3-12(20)9-15(17)21-14/h1-3,5-6,8-10,12,20H,4H2. The zero-order valence-electron chi connectivity index (χ0n) is 11.2. The Morgan fingerprint density at radius 1 is 1.38 bits per heavy atom. The number of allylic oxidation sites excluding steroid dienone is 1. The van der Waals surface area contributed by atoms with Crippen molar-refractivity contribution in [3.63, 3.8) is 0 Å². The molecular weight excluding hydrogens is 264 g/mol. The van der Waals surface area contributed by atoms with Gasteiger partial charge in [-0.2, -0.15) is 5.26 Å². The van der Waals surface area contributed by atoms with Gasteiger partial charge in [0, 0.05) is 23.5 Å². The van der Waals surface area contributed by atoms with Gasteiger partial charge in [-0.1, -0.05) is 18.2 Å². The van der Waals surface area contributed by atoms with Crippen LogP contribution in [-0.4, -0.2) is 17.4 Å². The highest BCUT2D eigenvalue weighted by molar-refractivity contribution is 5.89. The van der Waals surface area contributed by atoms with E-state index < -0.39 is 11.5 Å². The molecule has 0 bridgehead atoms. The molecule has 1 N–H and O–H groups in total. The fraction of sp³-hybridized carbons (Fsp3) is 0.176. The van der Waals surface area contributed by atoms with E-state index in [4.69, 9.17) is 10.00 Å². The highest BCUT2D eigenvalue weighted by atomic mass is 16.5. The predicted molar refractivity (Wildman–Crippen MR) is 78.0 cm³/mol. The second kappa shape index (κ2) is 4.18. The van der Waals surface area contributed by atoms with E-state index >= 15 is 0 Å². The Bertz CT molecular complexity index is 796. The first-order valence-corrected chi connectivity index (χ1v) is 6.76. The summed E-state index contributed by atoms with van der Waals surface area (Å²) in [6, 6.07) is 5.98. The molecule has 4 nitrogen and oxygen atoms in total. The van der Waals surface area contributed by atoms with Gasteiger partial charge in [-0.3, -0.25) is 4.99 Å². The summed E-state index contributed by atoms with van der Waals surface area (Å²) in [7, 11) is 0. The van der Waals surface area contributed by atoms with E-state index in [9.17, 15) is 5.11 Å². The van der Waals surface area contributed by atoms with Crippen LogP contribution in [-0.2, 0) is 11.8 Å². The third-order valence-corrected chi connectivity index (χ3v) is 4.11. The van der Waals surface area contributed by atoms with Crippen LogP contribution in [0, 0.1) is 11.3 Å². The Hall–Kier alpha value is -2.64. The SMILES string of the molecule is N#CCc1ccc2c3c1C=NC=CC31C=CC(O)C=C1O2. The van der Waals surface area contributed by atoms with E-state index in [-0.39, 0.29) is 0 Å². The van der Waals surface area contributed by atoms with E-state index in [0.29, 0.717) is 12.2 Å². The molecule has 21 heavy (non-hydrogen) atoms. The lowest BCUT2D eigenvalue weighted by Crippen LogP contribution is -2.26. The summed E-state index contributed by atoms with van der Waals surface area (Å²) >= 11 is 0. The van der Waals surface area contributed by atoms with Gasteiger partial charge in [-0.25, -0.2) is 0 Å². The monoisotopic (exact) mass is 276 g/mol.